The maximum atomic E-state index is 4.31. The molecule has 0 spiro atoms. The van der Waals surface area contributed by atoms with Gasteiger partial charge < -0.3 is 5.32 Å². The van der Waals surface area contributed by atoms with Crippen molar-refractivity contribution in [3.8, 4) is 0 Å². The highest BCUT2D eigenvalue weighted by Gasteiger charge is 2.12. The fraction of sp³-hybridized carbons (Fsp3) is 0.438. The minimum atomic E-state index is 0.319. The summed E-state index contributed by atoms with van der Waals surface area (Å²) in [5, 5.41) is 7.92. The number of aromatic nitrogens is 2. The summed E-state index contributed by atoms with van der Waals surface area (Å²) in [7, 11) is 0. The van der Waals surface area contributed by atoms with Gasteiger partial charge >= 0.3 is 0 Å². The van der Waals surface area contributed by atoms with Crippen LogP contribution in [0.1, 0.15) is 36.1 Å². The van der Waals surface area contributed by atoms with Crippen molar-refractivity contribution >= 4 is 0 Å². The zero-order valence-electron chi connectivity index (χ0n) is 12.1. The van der Waals surface area contributed by atoms with Crippen molar-refractivity contribution in [3.63, 3.8) is 0 Å². The van der Waals surface area contributed by atoms with E-state index in [0.29, 0.717) is 6.04 Å². The highest BCUT2D eigenvalue weighted by atomic mass is 15.3. The predicted molar refractivity (Wildman–Crippen MR) is 79.2 cm³/mol. The number of benzene rings is 1. The summed E-state index contributed by atoms with van der Waals surface area (Å²) in [6.07, 6.45) is 4.99. The molecule has 1 aromatic carbocycles. The molecule has 0 bridgehead atoms. The third-order valence-electron chi connectivity index (χ3n) is 3.50. The summed E-state index contributed by atoms with van der Waals surface area (Å²) in [5.41, 5.74) is 4.03. The first-order valence-corrected chi connectivity index (χ1v) is 6.98. The molecule has 0 fully saturated rings. The quantitative estimate of drug-likeness (QED) is 0.861. The third kappa shape index (κ3) is 3.67. The average molecular weight is 257 g/mol. The molecule has 1 heterocycles. The largest absolute Gasteiger partial charge is 0.308 e. The summed E-state index contributed by atoms with van der Waals surface area (Å²) < 4.78 is 1.99. The molecular formula is C16H23N3. The Kier molecular flexibility index (Phi) is 4.74. The van der Waals surface area contributed by atoms with Crippen LogP contribution in [0.2, 0.25) is 0 Å². The Bertz CT molecular complexity index is 503. The van der Waals surface area contributed by atoms with Gasteiger partial charge in [-0.15, -0.1) is 0 Å². The van der Waals surface area contributed by atoms with E-state index in [1.54, 1.807) is 0 Å². The van der Waals surface area contributed by atoms with E-state index in [9.17, 15) is 0 Å². The number of nitrogens with one attached hydrogen (secondary N) is 1. The van der Waals surface area contributed by atoms with Crippen molar-refractivity contribution in [2.75, 3.05) is 6.54 Å². The number of hydrogen-bond acceptors (Lipinski definition) is 2. The number of hydrogen-bond donors (Lipinski definition) is 1. The first kappa shape index (κ1) is 13.8. The standard InChI is InChI=1S/C16H23N3/c1-4-8-17-16(12-19-10-5-9-18-19)15-7-6-13(2)14(3)11-15/h5-7,9-11,16-17H,4,8,12H2,1-3H3. The van der Waals surface area contributed by atoms with Gasteiger partial charge in [0.25, 0.3) is 0 Å². The fourth-order valence-corrected chi connectivity index (χ4v) is 2.18. The van der Waals surface area contributed by atoms with Gasteiger partial charge in [-0.05, 0) is 49.6 Å². The molecule has 3 nitrogen and oxygen atoms in total. The topological polar surface area (TPSA) is 29.9 Å². The van der Waals surface area contributed by atoms with Crippen LogP contribution in [0.25, 0.3) is 0 Å². The molecule has 1 unspecified atom stereocenters. The van der Waals surface area contributed by atoms with Gasteiger partial charge in [-0.1, -0.05) is 25.1 Å². The van der Waals surface area contributed by atoms with Gasteiger partial charge in [-0.2, -0.15) is 5.10 Å². The van der Waals surface area contributed by atoms with Crippen molar-refractivity contribution in [2.45, 2.75) is 39.8 Å². The van der Waals surface area contributed by atoms with E-state index in [4.69, 9.17) is 0 Å². The van der Waals surface area contributed by atoms with Crippen LogP contribution in [-0.4, -0.2) is 16.3 Å². The number of aryl methyl sites for hydroxylation is 2. The summed E-state index contributed by atoms with van der Waals surface area (Å²) in [5.74, 6) is 0. The Labute approximate surface area is 115 Å². The summed E-state index contributed by atoms with van der Waals surface area (Å²) in [4.78, 5) is 0. The molecule has 102 valence electrons. The van der Waals surface area contributed by atoms with Crippen LogP contribution < -0.4 is 5.32 Å². The second kappa shape index (κ2) is 6.53. The van der Waals surface area contributed by atoms with Crippen LogP contribution >= 0.6 is 0 Å². The second-order valence-corrected chi connectivity index (χ2v) is 5.08. The molecule has 0 amide bonds. The van der Waals surface area contributed by atoms with Gasteiger partial charge in [-0.25, -0.2) is 0 Å². The van der Waals surface area contributed by atoms with Crippen molar-refractivity contribution in [1.29, 1.82) is 0 Å². The first-order chi connectivity index (χ1) is 9.20. The molecule has 1 atom stereocenters. The predicted octanol–water partition coefficient (Wildman–Crippen LogP) is 3.24. The maximum Gasteiger partial charge on any atom is 0.0604 e. The van der Waals surface area contributed by atoms with E-state index >= 15 is 0 Å². The van der Waals surface area contributed by atoms with E-state index in [2.05, 4.69) is 49.4 Å². The van der Waals surface area contributed by atoms with Gasteiger partial charge in [-0.3, -0.25) is 4.68 Å². The summed E-state index contributed by atoms with van der Waals surface area (Å²) >= 11 is 0. The van der Waals surface area contributed by atoms with E-state index in [-0.39, 0.29) is 0 Å². The Morgan fingerprint density at radius 3 is 2.74 bits per heavy atom. The van der Waals surface area contributed by atoms with Crippen molar-refractivity contribution in [2.24, 2.45) is 0 Å². The molecule has 0 saturated heterocycles. The van der Waals surface area contributed by atoms with E-state index in [0.717, 1.165) is 19.5 Å². The van der Waals surface area contributed by atoms with Crippen LogP contribution in [0.3, 0.4) is 0 Å². The molecule has 0 aliphatic heterocycles. The van der Waals surface area contributed by atoms with Gasteiger partial charge in [0, 0.05) is 12.4 Å². The second-order valence-electron chi connectivity index (χ2n) is 5.08. The summed E-state index contributed by atoms with van der Waals surface area (Å²) in [6.45, 7) is 8.41. The molecule has 1 aromatic heterocycles. The molecule has 3 heteroatoms. The lowest BCUT2D eigenvalue weighted by Crippen LogP contribution is -2.26. The Morgan fingerprint density at radius 2 is 2.11 bits per heavy atom. The SMILES string of the molecule is CCCNC(Cn1cccn1)c1ccc(C)c(C)c1. The smallest absolute Gasteiger partial charge is 0.0604 e. The molecule has 0 saturated carbocycles. The van der Waals surface area contributed by atoms with Crippen molar-refractivity contribution < 1.29 is 0 Å². The lowest BCUT2D eigenvalue weighted by molar-refractivity contribution is 0.439. The summed E-state index contributed by atoms with van der Waals surface area (Å²) in [6, 6.07) is 9.00. The molecule has 19 heavy (non-hydrogen) atoms. The lowest BCUT2D eigenvalue weighted by atomic mass is 10.0. The van der Waals surface area contributed by atoms with Gasteiger partial charge in [0.05, 0.1) is 12.6 Å². The van der Waals surface area contributed by atoms with E-state index < -0.39 is 0 Å². The normalized spacial score (nSPS) is 12.6. The molecule has 2 aromatic rings. The minimum absolute atomic E-state index is 0.319. The van der Waals surface area contributed by atoms with Gasteiger partial charge in [0.15, 0.2) is 0 Å². The number of rotatable bonds is 6. The van der Waals surface area contributed by atoms with Crippen LogP contribution in [0, 0.1) is 13.8 Å². The highest BCUT2D eigenvalue weighted by Crippen LogP contribution is 2.18. The van der Waals surface area contributed by atoms with Crippen LogP contribution in [0.5, 0.6) is 0 Å². The highest BCUT2D eigenvalue weighted by molar-refractivity contribution is 5.31. The van der Waals surface area contributed by atoms with Gasteiger partial charge in [0.1, 0.15) is 0 Å². The molecule has 0 radical (unpaired) electrons. The Morgan fingerprint density at radius 1 is 1.26 bits per heavy atom. The average Bonchev–Trinajstić information content (AvgIpc) is 2.91. The lowest BCUT2D eigenvalue weighted by Gasteiger charge is -2.20. The molecule has 0 aliphatic rings. The van der Waals surface area contributed by atoms with Crippen molar-refractivity contribution in [3.05, 3.63) is 53.3 Å². The fourth-order valence-electron chi connectivity index (χ4n) is 2.18. The Hall–Kier alpha value is -1.61. The van der Waals surface area contributed by atoms with E-state index in [1.165, 1.54) is 16.7 Å². The zero-order valence-corrected chi connectivity index (χ0v) is 12.1. The van der Waals surface area contributed by atoms with E-state index in [1.807, 2.05) is 23.1 Å². The van der Waals surface area contributed by atoms with Crippen LogP contribution in [0.15, 0.2) is 36.7 Å². The van der Waals surface area contributed by atoms with Gasteiger partial charge in [0.2, 0.25) is 0 Å². The monoisotopic (exact) mass is 257 g/mol. The molecule has 2 rings (SSSR count). The molecular weight excluding hydrogens is 234 g/mol. The Balaban J connectivity index is 2.18. The van der Waals surface area contributed by atoms with Crippen LogP contribution in [0.4, 0.5) is 0 Å². The minimum Gasteiger partial charge on any atom is -0.308 e. The maximum absolute atomic E-state index is 4.31. The van der Waals surface area contributed by atoms with Crippen molar-refractivity contribution in [1.82, 2.24) is 15.1 Å². The number of nitrogens with zero attached hydrogens (tertiary/aromatic N) is 2. The molecule has 1 N–H and O–H groups in total. The third-order valence-corrected chi connectivity index (χ3v) is 3.50. The molecule has 0 aliphatic carbocycles. The first-order valence-electron chi connectivity index (χ1n) is 6.98. The zero-order chi connectivity index (χ0) is 13.7. The van der Waals surface area contributed by atoms with Crippen LogP contribution in [-0.2, 0) is 6.54 Å².